The Morgan fingerprint density at radius 1 is 1.17 bits per heavy atom. The molecule has 0 aliphatic carbocycles. The highest BCUT2D eigenvalue weighted by molar-refractivity contribution is 7.98. The molecule has 0 saturated heterocycles. The molecule has 2 rings (SSSR count). The predicted octanol–water partition coefficient (Wildman–Crippen LogP) is 5.55. The average Bonchev–Trinajstić information content (AvgIpc) is 2.74. The number of carbonyl (C=O) groups is 2. The number of hydrogen-bond donors (Lipinski definition) is 1. The fraction of sp³-hybridized carbons (Fsp3) is 0.348. The minimum Gasteiger partial charge on any atom is -0.493 e. The highest BCUT2D eigenvalue weighted by Gasteiger charge is 2.11. The van der Waals surface area contributed by atoms with E-state index in [0.29, 0.717) is 22.9 Å². The molecule has 2 aromatic carbocycles. The first-order chi connectivity index (χ1) is 14.5. The average molecular weight is 447 g/mol. The SMILES string of the molecule is CCCCCCOc1ccccc1C(=O)/C=N\NC(=O)Cc1cc(Cl)ccc1SC. The van der Waals surface area contributed by atoms with Crippen molar-refractivity contribution >= 4 is 41.3 Å². The molecule has 0 unspecified atom stereocenters. The van der Waals surface area contributed by atoms with E-state index in [1.54, 1.807) is 30.3 Å². The Bertz CT molecular complexity index is 887. The van der Waals surface area contributed by atoms with Gasteiger partial charge in [0.1, 0.15) is 5.75 Å². The topological polar surface area (TPSA) is 67.8 Å². The van der Waals surface area contributed by atoms with Crippen molar-refractivity contribution in [2.75, 3.05) is 12.9 Å². The number of carbonyl (C=O) groups excluding carboxylic acids is 2. The lowest BCUT2D eigenvalue weighted by Crippen LogP contribution is -2.21. The molecule has 0 radical (unpaired) electrons. The molecular weight excluding hydrogens is 420 g/mol. The zero-order valence-electron chi connectivity index (χ0n) is 17.3. The summed E-state index contributed by atoms with van der Waals surface area (Å²) < 4.78 is 5.76. The third-order valence-electron chi connectivity index (χ3n) is 4.37. The van der Waals surface area contributed by atoms with Gasteiger partial charge >= 0.3 is 0 Å². The summed E-state index contributed by atoms with van der Waals surface area (Å²) in [5, 5.41) is 4.38. The Morgan fingerprint density at radius 2 is 1.97 bits per heavy atom. The second kappa shape index (κ2) is 13.1. The number of ketones is 1. The molecule has 7 heteroatoms. The minimum atomic E-state index is -0.327. The van der Waals surface area contributed by atoms with Crippen molar-refractivity contribution < 1.29 is 14.3 Å². The maximum absolute atomic E-state index is 12.5. The molecule has 2 aromatic rings. The van der Waals surface area contributed by atoms with Gasteiger partial charge in [0.25, 0.3) is 0 Å². The molecule has 0 aliphatic heterocycles. The molecule has 0 bridgehead atoms. The summed E-state index contributed by atoms with van der Waals surface area (Å²) in [4.78, 5) is 25.6. The van der Waals surface area contributed by atoms with Crippen molar-refractivity contribution in [2.24, 2.45) is 5.10 Å². The van der Waals surface area contributed by atoms with E-state index in [0.717, 1.165) is 35.9 Å². The maximum atomic E-state index is 12.5. The number of hydrogen-bond acceptors (Lipinski definition) is 5. The lowest BCUT2D eigenvalue weighted by molar-refractivity contribution is -0.120. The summed E-state index contributed by atoms with van der Waals surface area (Å²) in [5.74, 6) is -0.121. The Balaban J connectivity index is 1.91. The first kappa shape index (κ1) is 24.0. The molecule has 30 heavy (non-hydrogen) atoms. The Hall–Kier alpha value is -2.31. The summed E-state index contributed by atoms with van der Waals surface area (Å²) >= 11 is 7.56. The van der Waals surface area contributed by atoms with Crippen LogP contribution in [0.5, 0.6) is 5.75 Å². The first-order valence-electron chi connectivity index (χ1n) is 9.95. The van der Waals surface area contributed by atoms with Crippen LogP contribution in [0.15, 0.2) is 52.5 Å². The van der Waals surface area contributed by atoms with Crippen LogP contribution in [0.25, 0.3) is 0 Å². The molecule has 5 nitrogen and oxygen atoms in total. The van der Waals surface area contributed by atoms with E-state index in [-0.39, 0.29) is 18.1 Å². The molecule has 160 valence electrons. The van der Waals surface area contributed by atoms with Crippen molar-refractivity contribution in [2.45, 2.75) is 43.9 Å². The molecule has 0 fully saturated rings. The van der Waals surface area contributed by atoms with E-state index in [1.165, 1.54) is 18.2 Å². The summed E-state index contributed by atoms with van der Waals surface area (Å²) in [6.07, 6.45) is 7.54. The van der Waals surface area contributed by atoms with Crippen LogP contribution >= 0.6 is 23.4 Å². The molecule has 0 atom stereocenters. The molecule has 0 aliphatic rings. The third-order valence-corrected chi connectivity index (χ3v) is 5.45. The van der Waals surface area contributed by atoms with Crippen molar-refractivity contribution in [1.29, 1.82) is 0 Å². The zero-order chi connectivity index (χ0) is 21.8. The number of hydrazone groups is 1. The van der Waals surface area contributed by atoms with Gasteiger partial charge in [-0.05, 0) is 48.6 Å². The van der Waals surface area contributed by atoms with Crippen molar-refractivity contribution in [3.8, 4) is 5.75 Å². The normalized spacial score (nSPS) is 10.9. The second-order valence-electron chi connectivity index (χ2n) is 6.70. The number of thioether (sulfide) groups is 1. The quantitative estimate of drug-likeness (QED) is 0.152. The van der Waals surface area contributed by atoms with Gasteiger partial charge in [-0.3, -0.25) is 9.59 Å². The van der Waals surface area contributed by atoms with Gasteiger partial charge in [-0.2, -0.15) is 5.10 Å². The van der Waals surface area contributed by atoms with Crippen LogP contribution in [0.1, 0.15) is 48.5 Å². The zero-order valence-corrected chi connectivity index (χ0v) is 18.9. The molecule has 0 saturated carbocycles. The first-order valence-corrected chi connectivity index (χ1v) is 11.6. The number of rotatable bonds is 12. The monoisotopic (exact) mass is 446 g/mol. The lowest BCUT2D eigenvalue weighted by atomic mass is 10.1. The smallest absolute Gasteiger partial charge is 0.244 e. The molecule has 1 amide bonds. The second-order valence-corrected chi connectivity index (χ2v) is 7.98. The van der Waals surface area contributed by atoms with Crippen LogP contribution in [-0.4, -0.2) is 30.8 Å². The van der Waals surface area contributed by atoms with Crippen molar-refractivity contribution in [1.82, 2.24) is 5.43 Å². The van der Waals surface area contributed by atoms with E-state index in [4.69, 9.17) is 16.3 Å². The predicted molar refractivity (Wildman–Crippen MR) is 124 cm³/mol. The third kappa shape index (κ3) is 7.84. The van der Waals surface area contributed by atoms with Gasteiger partial charge in [0.2, 0.25) is 11.7 Å². The summed E-state index contributed by atoms with van der Waals surface area (Å²) in [5.41, 5.74) is 3.64. The Morgan fingerprint density at radius 3 is 2.73 bits per heavy atom. The van der Waals surface area contributed by atoms with Crippen LogP contribution in [0.3, 0.4) is 0 Å². The highest BCUT2D eigenvalue weighted by Crippen LogP contribution is 2.24. The molecular formula is C23H27ClN2O3S. The summed E-state index contributed by atoms with van der Waals surface area (Å²) in [7, 11) is 0. The molecule has 1 N–H and O–H groups in total. The fourth-order valence-electron chi connectivity index (χ4n) is 2.84. The molecule has 0 spiro atoms. The maximum Gasteiger partial charge on any atom is 0.244 e. The summed E-state index contributed by atoms with van der Waals surface area (Å²) in [6, 6.07) is 12.5. The lowest BCUT2D eigenvalue weighted by Gasteiger charge is -2.09. The van der Waals surface area contributed by atoms with Crippen LogP contribution in [0, 0.1) is 0 Å². The summed E-state index contributed by atoms with van der Waals surface area (Å²) in [6.45, 7) is 2.72. The van der Waals surface area contributed by atoms with E-state index in [1.807, 2.05) is 18.4 Å². The number of unbranched alkanes of at least 4 members (excludes halogenated alkanes) is 3. The molecule has 0 heterocycles. The number of para-hydroxylation sites is 1. The van der Waals surface area contributed by atoms with Gasteiger partial charge in [0, 0.05) is 9.92 Å². The standard InChI is InChI=1S/C23H27ClN2O3S/c1-3-4-5-8-13-29-21-10-7-6-9-19(21)20(27)16-25-26-23(28)15-17-14-18(24)11-12-22(17)30-2/h6-7,9-12,14,16H,3-5,8,13,15H2,1-2H3,(H,26,28)/b25-16-. The molecule has 0 aromatic heterocycles. The number of halogens is 1. The van der Waals surface area contributed by atoms with Crippen molar-refractivity contribution in [3.63, 3.8) is 0 Å². The van der Waals surface area contributed by atoms with E-state index >= 15 is 0 Å². The van der Waals surface area contributed by atoms with Crippen LogP contribution < -0.4 is 10.2 Å². The van der Waals surface area contributed by atoms with Crippen LogP contribution in [0.2, 0.25) is 5.02 Å². The van der Waals surface area contributed by atoms with Gasteiger partial charge in [-0.25, -0.2) is 5.43 Å². The largest absolute Gasteiger partial charge is 0.493 e. The minimum absolute atomic E-state index is 0.125. The van der Waals surface area contributed by atoms with Gasteiger partial charge in [0.05, 0.1) is 24.8 Å². The number of amides is 1. The Labute approximate surface area is 187 Å². The number of ether oxygens (including phenoxy) is 1. The van der Waals surface area contributed by atoms with E-state index < -0.39 is 0 Å². The van der Waals surface area contributed by atoms with E-state index in [9.17, 15) is 9.59 Å². The Kier molecular flexibility index (Phi) is 10.5. The van der Waals surface area contributed by atoms with E-state index in [2.05, 4.69) is 17.5 Å². The fourth-order valence-corrected chi connectivity index (χ4v) is 3.63. The van der Waals surface area contributed by atoms with Crippen LogP contribution in [-0.2, 0) is 11.2 Å². The van der Waals surface area contributed by atoms with Gasteiger partial charge in [-0.15, -0.1) is 11.8 Å². The number of Topliss-reactive ketones (excluding diaryl/α,β-unsaturated/α-hetero) is 1. The number of nitrogens with zero attached hydrogens (tertiary/aromatic N) is 1. The number of benzene rings is 2. The highest BCUT2D eigenvalue weighted by atomic mass is 35.5. The van der Waals surface area contributed by atoms with Gasteiger partial charge in [0.15, 0.2) is 0 Å². The van der Waals surface area contributed by atoms with Gasteiger partial charge in [-0.1, -0.05) is 49.9 Å². The number of nitrogens with one attached hydrogen (secondary N) is 1. The van der Waals surface area contributed by atoms with Crippen LogP contribution in [0.4, 0.5) is 0 Å². The van der Waals surface area contributed by atoms with Gasteiger partial charge < -0.3 is 4.74 Å². The van der Waals surface area contributed by atoms with Crippen molar-refractivity contribution in [3.05, 3.63) is 58.6 Å².